The van der Waals surface area contributed by atoms with Gasteiger partial charge in [0.15, 0.2) is 5.82 Å². The Morgan fingerprint density at radius 2 is 1.90 bits per heavy atom. The number of aryl methyl sites for hydroxylation is 2. The lowest BCUT2D eigenvalue weighted by atomic mass is 9.81. The van der Waals surface area contributed by atoms with E-state index in [1.54, 1.807) is 16.7 Å². The van der Waals surface area contributed by atoms with E-state index in [0.29, 0.717) is 35.0 Å². The molecule has 2 aromatic heterocycles. The minimum Gasteiger partial charge on any atom is -0.326 e. The molecule has 2 heterocycles. The molecule has 1 aliphatic carbocycles. The number of nitrogens with one attached hydrogen (secondary N) is 2. The summed E-state index contributed by atoms with van der Waals surface area (Å²) in [6.07, 6.45) is 8.15. The summed E-state index contributed by atoms with van der Waals surface area (Å²) in [5.74, 6) is 0.419. The fraction of sp³-hybridized carbons (Fsp3) is 0.303. The van der Waals surface area contributed by atoms with Crippen LogP contribution < -0.4 is 16.6 Å². The lowest BCUT2D eigenvalue weighted by Gasteiger charge is -2.24. The van der Waals surface area contributed by atoms with Gasteiger partial charge in [0.2, 0.25) is 5.91 Å². The minimum absolute atomic E-state index is 0.0863. The molecule has 0 aliphatic heterocycles. The van der Waals surface area contributed by atoms with Gasteiger partial charge >= 0.3 is 5.76 Å². The number of H-pyrrole nitrogens is 1. The number of unbranched alkanes of at least 4 members (excludes halogenated alkanes) is 1. The first kappa shape index (κ1) is 28.7. The molecule has 0 saturated heterocycles. The van der Waals surface area contributed by atoms with Crippen LogP contribution in [0.1, 0.15) is 62.7 Å². The molecule has 0 fully saturated rings. The summed E-state index contributed by atoms with van der Waals surface area (Å²) in [5, 5.41) is 6.68. The molecular formula is C33H35N5O4. The van der Waals surface area contributed by atoms with Crippen molar-refractivity contribution >= 4 is 17.2 Å². The van der Waals surface area contributed by atoms with Crippen LogP contribution >= 0.6 is 0 Å². The van der Waals surface area contributed by atoms with E-state index >= 15 is 0 Å². The maximum Gasteiger partial charge on any atom is 0.439 e. The quantitative estimate of drug-likeness (QED) is 0.265. The molecule has 1 amide bonds. The van der Waals surface area contributed by atoms with Gasteiger partial charge in [0.05, 0.1) is 11.4 Å². The summed E-state index contributed by atoms with van der Waals surface area (Å²) in [7, 11) is 0. The number of rotatable bonds is 9. The van der Waals surface area contributed by atoms with Crippen LogP contribution in [-0.2, 0) is 17.6 Å². The highest BCUT2D eigenvalue weighted by molar-refractivity contribution is 5.89. The van der Waals surface area contributed by atoms with Crippen LogP contribution in [0.5, 0.6) is 0 Å². The second kappa shape index (κ2) is 12.4. The van der Waals surface area contributed by atoms with Gasteiger partial charge in [-0.15, -0.1) is 0 Å². The number of hydrogen-bond donors (Lipinski definition) is 2. The van der Waals surface area contributed by atoms with E-state index < -0.39 is 5.76 Å². The Labute approximate surface area is 244 Å². The highest BCUT2D eigenvalue weighted by Gasteiger charge is 2.23. The summed E-state index contributed by atoms with van der Waals surface area (Å²) < 4.78 is 6.38. The molecule has 1 unspecified atom stereocenters. The molecular weight excluding hydrogens is 530 g/mol. The van der Waals surface area contributed by atoms with Crippen LogP contribution in [0.15, 0.2) is 80.4 Å². The topological polar surface area (TPSA) is 123 Å². The molecule has 0 saturated carbocycles. The summed E-state index contributed by atoms with van der Waals surface area (Å²) in [5.41, 5.74) is 6.80. The van der Waals surface area contributed by atoms with Crippen LogP contribution in [0.25, 0.3) is 22.6 Å². The molecule has 4 aromatic rings. The van der Waals surface area contributed by atoms with E-state index in [-0.39, 0.29) is 17.4 Å². The van der Waals surface area contributed by atoms with E-state index in [1.165, 1.54) is 6.92 Å². The zero-order valence-corrected chi connectivity index (χ0v) is 24.4. The number of aromatic nitrogens is 4. The van der Waals surface area contributed by atoms with Gasteiger partial charge in [-0.3, -0.25) is 23.7 Å². The van der Waals surface area contributed by atoms with Crippen molar-refractivity contribution in [3.63, 3.8) is 0 Å². The number of anilines is 1. The molecule has 0 radical (unpaired) electrons. The van der Waals surface area contributed by atoms with Crippen LogP contribution in [0.4, 0.5) is 5.69 Å². The normalized spacial score (nSPS) is 14.8. The van der Waals surface area contributed by atoms with Crippen molar-refractivity contribution in [2.45, 2.75) is 59.8 Å². The van der Waals surface area contributed by atoms with Gasteiger partial charge in [-0.25, -0.2) is 9.78 Å². The van der Waals surface area contributed by atoms with Crippen molar-refractivity contribution in [1.82, 2.24) is 19.7 Å². The molecule has 2 N–H and O–H groups in total. The Balaban J connectivity index is 1.54. The van der Waals surface area contributed by atoms with Crippen molar-refractivity contribution in [2.75, 3.05) is 5.32 Å². The Kier molecular flexibility index (Phi) is 8.47. The molecule has 216 valence electrons. The molecule has 5 rings (SSSR count). The maximum atomic E-state index is 14.1. The monoisotopic (exact) mass is 565 g/mol. The number of amides is 1. The fourth-order valence-corrected chi connectivity index (χ4v) is 5.53. The van der Waals surface area contributed by atoms with E-state index in [2.05, 4.69) is 41.5 Å². The molecule has 1 aliphatic rings. The number of allylic oxidation sites excluding steroid dienone is 4. The van der Waals surface area contributed by atoms with Gasteiger partial charge in [0, 0.05) is 30.2 Å². The number of nitrogens with zero attached hydrogens (tertiary/aromatic N) is 3. The Bertz CT molecular complexity index is 1810. The fourth-order valence-electron chi connectivity index (χ4n) is 5.53. The van der Waals surface area contributed by atoms with Crippen molar-refractivity contribution in [2.24, 2.45) is 5.92 Å². The third kappa shape index (κ3) is 6.10. The predicted octanol–water partition coefficient (Wildman–Crippen LogP) is 5.78. The van der Waals surface area contributed by atoms with Crippen LogP contribution in [-0.4, -0.2) is 25.6 Å². The lowest BCUT2D eigenvalue weighted by molar-refractivity contribution is -0.114. The number of hydrogen-bond acceptors (Lipinski definition) is 6. The summed E-state index contributed by atoms with van der Waals surface area (Å²) in [6, 6.07) is 15.1. The average Bonchev–Trinajstić information content (AvgIpc) is 3.40. The summed E-state index contributed by atoms with van der Waals surface area (Å²) in [6.45, 7) is 7.61. The van der Waals surface area contributed by atoms with Crippen LogP contribution in [0.3, 0.4) is 0 Å². The third-order valence-electron chi connectivity index (χ3n) is 7.63. The summed E-state index contributed by atoms with van der Waals surface area (Å²) >= 11 is 0. The van der Waals surface area contributed by atoms with Crippen molar-refractivity contribution < 1.29 is 9.32 Å². The average molecular weight is 566 g/mol. The highest BCUT2D eigenvalue weighted by atomic mass is 16.5. The standard InChI is InChI=1S/C33H35N5O4/c1-5-6-14-30-29(32(40)38(21(3)34-30)26-11-9-10-25(19-26)35-22(4)39)18-23-15-16-24(17-20(23)2)27-12-7-8-13-28(27)31-36-33(41)42-37-31/h7-13,15-16,19-20H,5-6,14,17-18H2,1-4H3,(H,35,39)(H,36,37,41). The minimum atomic E-state index is -0.592. The Morgan fingerprint density at radius 3 is 2.60 bits per heavy atom. The smallest absolute Gasteiger partial charge is 0.326 e. The molecule has 42 heavy (non-hydrogen) atoms. The largest absolute Gasteiger partial charge is 0.439 e. The van der Waals surface area contributed by atoms with E-state index in [1.807, 2.05) is 43.3 Å². The number of carbonyl (C=O) groups is 1. The summed E-state index contributed by atoms with van der Waals surface area (Å²) in [4.78, 5) is 44.9. The molecule has 1 atom stereocenters. The molecule has 2 aromatic carbocycles. The zero-order valence-electron chi connectivity index (χ0n) is 24.4. The van der Waals surface area contributed by atoms with E-state index in [4.69, 9.17) is 9.51 Å². The van der Waals surface area contributed by atoms with Gasteiger partial charge in [-0.1, -0.05) is 73.5 Å². The van der Waals surface area contributed by atoms with Crippen LogP contribution in [0.2, 0.25) is 0 Å². The van der Waals surface area contributed by atoms with Gasteiger partial charge in [0.25, 0.3) is 5.56 Å². The number of aromatic amines is 1. The maximum absolute atomic E-state index is 14.1. The third-order valence-corrected chi connectivity index (χ3v) is 7.63. The highest BCUT2D eigenvalue weighted by Crippen LogP contribution is 2.36. The van der Waals surface area contributed by atoms with Crippen molar-refractivity contribution in [3.05, 3.63) is 110 Å². The Hall–Kier alpha value is -4.79. The second-order valence-corrected chi connectivity index (χ2v) is 10.8. The number of benzene rings is 2. The van der Waals surface area contributed by atoms with Crippen molar-refractivity contribution in [3.8, 4) is 17.1 Å². The predicted molar refractivity (Wildman–Crippen MR) is 164 cm³/mol. The molecule has 9 nitrogen and oxygen atoms in total. The molecule has 9 heteroatoms. The first-order chi connectivity index (χ1) is 20.2. The van der Waals surface area contributed by atoms with E-state index in [9.17, 15) is 14.4 Å². The van der Waals surface area contributed by atoms with Gasteiger partial charge in [0.1, 0.15) is 5.82 Å². The first-order valence-electron chi connectivity index (χ1n) is 14.3. The van der Waals surface area contributed by atoms with Gasteiger partial charge < -0.3 is 5.32 Å². The van der Waals surface area contributed by atoms with Crippen molar-refractivity contribution in [1.29, 1.82) is 0 Å². The second-order valence-electron chi connectivity index (χ2n) is 10.8. The zero-order chi connectivity index (χ0) is 29.8. The molecule has 0 spiro atoms. The number of carbonyl (C=O) groups excluding carboxylic acids is 1. The SMILES string of the molecule is CCCCc1nc(C)n(-c2cccc(NC(C)=O)c2)c(=O)c1CC1=CC=C(c2ccccc2-c2noc(=O)[nH]2)CC1C. The van der Waals surface area contributed by atoms with Gasteiger partial charge in [-0.2, -0.15) is 0 Å². The molecule has 0 bridgehead atoms. The van der Waals surface area contributed by atoms with Crippen LogP contribution in [0, 0.1) is 12.8 Å². The first-order valence-corrected chi connectivity index (χ1v) is 14.3. The Morgan fingerprint density at radius 1 is 1.12 bits per heavy atom. The lowest BCUT2D eigenvalue weighted by Crippen LogP contribution is -2.29. The van der Waals surface area contributed by atoms with Gasteiger partial charge in [-0.05, 0) is 61.4 Å². The van der Waals surface area contributed by atoms with E-state index in [0.717, 1.165) is 53.7 Å².